The summed E-state index contributed by atoms with van der Waals surface area (Å²) in [7, 11) is 1.59. The van der Waals surface area contributed by atoms with E-state index < -0.39 is 0 Å². The predicted octanol–water partition coefficient (Wildman–Crippen LogP) is 4.20. The van der Waals surface area contributed by atoms with Crippen LogP contribution in [0.2, 0.25) is 5.02 Å². The molecule has 0 aliphatic rings. The van der Waals surface area contributed by atoms with E-state index in [1.54, 1.807) is 30.1 Å². The van der Waals surface area contributed by atoms with Crippen molar-refractivity contribution in [2.45, 2.75) is 0 Å². The number of fused-ring (bicyclic) bond motifs is 1. The van der Waals surface area contributed by atoms with E-state index in [1.807, 2.05) is 42.5 Å². The third kappa shape index (κ3) is 2.99. The molecule has 0 unspecified atom stereocenters. The van der Waals surface area contributed by atoms with Crippen molar-refractivity contribution in [3.8, 4) is 17.1 Å². The van der Waals surface area contributed by atoms with Crippen molar-refractivity contribution in [3.63, 3.8) is 0 Å². The van der Waals surface area contributed by atoms with E-state index in [0.717, 1.165) is 28.4 Å². The van der Waals surface area contributed by atoms with E-state index in [-0.39, 0.29) is 0 Å². The molecule has 0 aliphatic carbocycles. The molecule has 3 heterocycles. The number of nitrogens with zero attached hydrogens (tertiary/aromatic N) is 4. The molecular weight excluding hydrogens is 338 g/mol. The molecule has 0 fully saturated rings. The highest BCUT2D eigenvalue weighted by Gasteiger charge is 2.09. The predicted molar refractivity (Wildman–Crippen MR) is 97.5 cm³/mol. The zero-order valence-electron chi connectivity index (χ0n) is 13.3. The van der Waals surface area contributed by atoms with Gasteiger partial charge in [0.1, 0.15) is 0 Å². The monoisotopic (exact) mass is 351 g/mol. The van der Waals surface area contributed by atoms with E-state index in [0.29, 0.717) is 10.9 Å². The van der Waals surface area contributed by atoms with Gasteiger partial charge in [0.15, 0.2) is 11.5 Å². The van der Waals surface area contributed by atoms with Crippen LogP contribution in [0.25, 0.3) is 16.9 Å². The third-order valence-electron chi connectivity index (χ3n) is 3.74. The Morgan fingerprint density at radius 3 is 2.64 bits per heavy atom. The molecule has 7 heteroatoms. The summed E-state index contributed by atoms with van der Waals surface area (Å²) in [5.41, 5.74) is 3.20. The fourth-order valence-corrected chi connectivity index (χ4v) is 2.65. The van der Waals surface area contributed by atoms with E-state index in [4.69, 9.17) is 16.3 Å². The van der Waals surface area contributed by atoms with E-state index in [1.165, 1.54) is 0 Å². The van der Waals surface area contributed by atoms with Gasteiger partial charge in [-0.3, -0.25) is 0 Å². The first kappa shape index (κ1) is 15.4. The Labute approximate surface area is 149 Å². The highest BCUT2D eigenvalue weighted by molar-refractivity contribution is 6.33. The number of ether oxygens (including phenoxy) is 1. The van der Waals surface area contributed by atoms with Gasteiger partial charge in [-0.15, -0.1) is 0 Å². The molecule has 3 aromatic heterocycles. The van der Waals surface area contributed by atoms with Gasteiger partial charge in [-0.05, 0) is 30.3 Å². The largest absolute Gasteiger partial charge is 0.481 e. The van der Waals surface area contributed by atoms with E-state index in [2.05, 4.69) is 20.4 Å². The highest BCUT2D eigenvalue weighted by atomic mass is 35.5. The number of imidazole rings is 1. The first-order valence-corrected chi connectivity index (χ1v) is 7.99. The van der Waals surface area contributed by atoms with Gasteiger partial charge < -0.3 is 10.1 Å². The second-order valence-electron chi connectivity index (χ2n) is 5.33. The lowest BCUT2D eigenvalue weighted by Crippen LogP contribution is -2.00. The van der Waals surface area contributed by atoms with E-state index >= 15 is 0 Å². The first-order chi connectivity index (χ1) is 12.2. The number of nitrogens with one attached hydrogen (secondary N) is 1. The Hall–Kier alpha value is -3.12. The van der Waals surface area contributed by atoms with Gasteiger partial charge in [-0.2, -0.15) is 9.61 Å². The number of hydrogen-bond donors (Lipinski definition) is 1. The number of para-hydroxylation sites is 1. The number of anilines is 2. The average Bonchev–Trinajstić information content (AvgIpc) is 3.06. The number of pyridine rings is 1. The van der Waals surface area contributed by atoms with Gasteiger partial charge in [0.05, 0.1) is 29.7 Å². The maximum atomic E-state index is 6.22. The van der Waals surface area contributed by atoms with Crippen molar-refractivity contribution in [2.75, 3.05) is 12.4 Å². The lowest BCUT2D eigenvalue weighted by Gasteiger charge is -2.08. The van der Waals surface area contributed by atoms with Crippen molar-refractivity contribution in [1.82, 2.24) is 19.6 Å². The summed E-state index contributed by atoms with van der Waals surface area (Å²) in [6.07, 6.45) is 3.45. The lowest BCUT2D eigenvalue weighted by molar-refractivity contribution is 0.398. The molecule has 0 atom stereocenters. The minimum absolute atomic E-state index is 0.563. The Balaban J connectivity index is 1.73. The molecule has 0 spiro atoms. The minimum Gasteiger partial charge on any atom is -0.481 e. The zero-order chi connectivity index (χ0) is 17.2. The van der Waals surface area contributed by atoms with Gasteiger partial charge >= 0.3 is 0 Å². The Kier molecular flexibility index (Phi) is 3.95. The standard InChI is InChI=1S/C18H14ClN5O/c1-25-18-9-6-12(10-21-18)14-7-8-16-20-11-17(24(16)23-14)22-15-5-3-2-4-13(15)19/h2-11,22H,1H3. The summed E-state index contributed by atoms with van der Waals surface area (Å²) >= 11 is 6.22. The fourth-order valence-electron chi connectivity index (χ4n) is 2.47. The first-order valence-electron chi connectivity index (χ1n) is 7.61. The summed E-state index contributed by atoms with van der Waals surface area (Å²) in [6, 6.07) is 15.1. The number of rotatable bonds is 4. The molecule has 0 saturated heterocycles. The van der Waals surface area contributed by atoms with Gasteiger partial charge in [-0.25, -0.2) is 9.97 Å². The van der Waals surface area contributed by atoms with Crippen molar-refractivity contribution in [3.05, 3.63) is 65.9 Å². The average molecular weight is 352 g/mol. The summed E-state index contributed by atoms with van der Waals surface area (Å²) in [5.74, 6) is 1.29. The Bertz CT molecular complexity index is 1030. The second-order valence-corrected chi connectivity index (χ2v) is 5.73. The molecule has 124 valence electrons. The normalized spacial score (nSPS) is 10.8. The smallest absolute Gasteiger partial charge is 0.212 e. The molecule has 1 aromatic carbocycles. The fraction of sp³-hybridized carbons (Fsp3) is 0.0556. The number of halogens is 1. The maximum Gasteiger partial charge on any atom is 0.212 e. The van der Waals surface area contributed by atoms with Crippen LogP contribution < -0.4 is 10.1 Å². The number of benzene rings is 1. The molecule has 6 nitrogen and oxygen atoms in total. The summed E-state index contributed by atoms with van der Waals surface area (Å²) in [6.45, 7) is 0. The topological polar surface area (TPSA) is 64.3 Å². The SMILES string of the molecule is COc1ccc(-c2ccc3ncc(Nc4ccccc4Cl)n3n2)cn1. The van der Waals surface area contributed by atoms with Crippen LogP contribution in [0.1, 0.15) is 0 Å². The Morgan fingerprint density at radius 1 is 1.00 bits per heavy atom. The van der Waals surface area contributed by atoms with Crippen LogP contribution in [-0.4, -0.2) is 26.7 Å². The van der Waals surface area contributed by atoms with Crippen LogP contribution in [-0.2, 0) is 0 Å². The molecule has 0 bridgehead atoms. The van der Waals surface area contributed by atoms with Gasteiger partial charge in [-0.1, -0.05) is 23.7 Å². The van der Waals surface area contributed by atoms with Crippen LogP contribution in [0.15, 0.2) is 60.9 Å². The van der Waals surface area contributed by atoms with Crippen molar-refractivity contribution in [2.24, 2.45) is 0 Å². The van der Waals surface area contributed by atoms with Crippen molar-refractivity contribution >= 4 is 28.8 Å². The van der Waals surface area contributed by atoms with Crippen LogP contribution in [0, 0.1) is 0 Å². The second kappa shape index (κ2) is 6.41. The minimum atomic E-state index is 0.563. The van der Waals surface area contributed by atoms with Gasteiger partial charge in [0.2, 0.25) is 5.88 Å². The number of aromatic nitrogens is 4. The van der Waals surface area contributed by atoms with Gasteiger partial charge in [0.25, 0.3) is 0 Å². The molecule has 0 aliphatic heterocycles. The van der Waals surface area contributed by atoms with Crippen LogP contribution in [0.3, 0.4) is 0 Å². The summed E-state index contributed by atoms with van der Waals surface area (Å²) in [4.78, 5) is 8.59. The molecule has 1 N–H and O–H groups in total. The van der Waals surface area contributed by atoms with Crippen LogP contribution in [0.4, 0.5) is 11.5 Å². The Morgan fingerprint density at radius 2 is 1.88 bits per heavy atom. The number of hydrogen-bond acceptors (Lipinski definition) is 5. The molecular formula is C18H14ClN5O. The van der Waals surface area contributed by atoms with Crippen LogP contribution in [0.5, 0.6) is 5.88 Å². The molecule has 25 heavy (non-hydrogen) atoms. The molecule has 0 amide bonds. The molecule has 0 saturated carbocycles. The highest BCUT2D eigenvalue weighted by Crippen LogP contribution is 2.26. The zero-order valence-corrected chi connectivity index (χ0v) is 14.1. The number of methoxy groups -OCH3 is 1. The van der Waals surface area contributed by atoms with E-state index in [9.17, 15) is 0 Å². The third-order valence-corrected chi connectivity index (χ3v) is 4.07. The lowest BCUT2D eigenvalue weighted by atomic mass is 10.2. The van der Waals surface area contributed by atoms with Crippen molar-refractivity contribution in [1.29, 1.82) is 0 Å². The summed E-state index contributed by atoms with van der Waals surface area (Å²) < 4.78 is 6.83. The maximum absolute atomic E-state index is 6.22. The van der Waals surface area contributed by atoms with Crippen LogP contribution >= 0.6 is 11.6 Å². The molecule has 0 radical (unpaired) electrons. The quantitative estimate of drug-likeness (QED) is 0.597. The summed E-state index contributed by atoms with van der Waals surface area (Å²) in [5, 5.41) is 8.55. The molecule has 4 rings (SSSR count). The molecule has 4 aromatic rings. The van der Waals surface area contributed by atoms with Crippen molar-refractivity contribution < 1.29 is 4.74 Å². The van der Waals surface area contributed by atoms with Gasteiger partial charge in [0, 0.05) is 17.8 Å².